The van der Waals surface area contributed by atoms with Crippen LogP contribution in [0, 0.1) is 5.82 Å². The van der Waals surface area contributed by atoms with Crippen molar-refractivity contribution in [2.75, 3.05) is 5.32 Å². The zero-order valence-corrected chi connectivity index (χ0v) is 12.1. The van der Waals surface area contributed by atoms with Gasteiger partial charge >= 0.3 is 6.61 Å². The summed E-state index contributed by atoms with van der Waals surface area (Å²) in [5.41, 5.74) is 1.28. The molecule has 2 aromatic rings. The number of alkyl halides is 2. The van der Waals surface area contributed by atoms with Crippen LogP contribution in [-0.4, -0.2) is 6.61 Å². The van der Waals surface area contributed by atoms with E-state index in [1.807, 2.05) is 0 Å². The maximum absolute atomic E-state index is 13.3. The molecule has 7 heteroatoms. The summed E-state index contributed by atoms with van der Waals surface area (Å²) in [7, 11) is 0. The molecule has 0 fully saturated rings. The largest absolute Gasteiger partial charge is 0.433 e. The molecular weight excluding hydrogens is 326 g/mol. The summed E-state index contributed by atoms with van der Waals surface area (Å²) in [6, 6.07) is 8.76. The molecule has 1 N–H and O–H groups in total. The number of rotatable bonds is 5. The number of nitrogens with one attached hydrogen (secondary N) is 1. The van der Waals surface area contributed by atoms with Crippen LogP contribution in [0.1, 0.15) is 5.56 Å². The first kappa shape index (κ1) is 15.8. The molecule has 0 bridgehead atoms. The summed E-state index contributed by atoms with van der Waals surface area (Å²) >= 11 is 11.4. The molecule has 0 radical (unpaired) electrons. The molecule has 0 atom stereocenters. The van der Waals surface area contributed by atoms with E-state index in [0.717, 1.165) is 0 Å². The van der Waals surface area contributed by atoms with Gasteiger partial charge in [0.2, 0.25) is 0 Å². The maximum atomic E-state index is 13.3. The van der Waals surface area contributed by atoms with Gasteiger partial charge in [0.1, 0.15) is 11.6 Å². The third-order valence-corrected chi connectivity index (χ3v) is 3.23. The lowest BCUT2D eigenvalue weighted by atomic mass is 10.2. The van der Waals surface area contributed by atoms with Gasteiger partial charge in [0.05, 0.1) is 10.0 Å². The normalized spacial score (nSPS) is 10.8. The van der Waals surface area contributed by atoms with Crippen molar-refractivity contribution in [3.05, 3.63) is 57.8 Å². The zero-order valence-electron chi connectivity index (χ0n) is 10.5. The van der Waals surface area contributed by atoms with E-state index in [1.54, 1.807) is 6.07 Å². The molecule has 2 aromatic carbocycles. The molecule has 0 aliphatic carbocycles. The lowest BCUT2D eigenvalue weighted by Gasteiger charge is -2.10. The highest BCUT2D eigenvalue weighted by Gasteiger charge is 2.09. The fourth-order valence-electron chi connectivity index (χ4n) is 1.66. The van der Waals surface area contributed by atoms with Crippen molar-refractivity contribution >= 4 is 28.9 Å². The second-order valence-electron chi connectivity index (χ2n) is 4.13. The first-order valence-electron chi connectivity index (χ1n) is 5.88. The summed E-state index contributed by atoms with van der Waals surface area (Å²) in [6.45, 7) is -2.60. The Morgan fingerprint density at radius 3 is 2.43 bits per heavy atom. The SMILES string of the molecule is Fc1cc(CNc2ccc(OC(F)F)c(Cl)c2)ccc1Cl. The number of halogens is 5. The van der Waals surface area contributed by atoms with Gasteiger partial charge in [-0.3, -0.25) is 0 Å². The minimum atomic E-state index is -2.93. The van der Waals surface area contributed by atoms with E-state index in [4.69, 9.17) is 23.2 Å². The molecule has 21 heavy (non-hydrogen) atoms. The van der Waals surface area contributed by atoms with E-state index in [1.165, 1.54) is 30.3 Å². The van der Waals surface area contributed by atoms with Gasteiger partial charge in [0, 0.05) is 12.2 Å². The van der Waals surface area contributed by atoms with E-state index < -0.39 is 12.4 Å². The Kier molecular flexibility index (Phi) is 5.20. The van der Waals surface area contributed by atoms with Gasteiger partial charge in [0.15, 0.2) is 0 Å². The summed E-state index contributed by atoms with van der Waals surface area (Å²) in [5, 5.41) is 3.10. The molecule has 0 heterocycles. The lowest BCUT2D eigenvalue weighted by Crippen LogP contribution is -2.03. The molecule has 112 valence electrons. The molecule has 0 amide bonds. The molecule has 0 spiro atoms. The fraction of sp³-hybridized carbons (Fsp3) is 0.143. The Morgan fingerprint density at radius 2 is 1.81 bits per heavy atom. The van der Waals surface area contributed by atoms with Crippen LogP contribution >= 0.6 is 23.2 Å². The van der Waals surface area contributed by atoms with Crippen LogP contribution in [0.3, 0.4) is 0 Å². The maximum Gasteiger partial charge on any atom is 0.387 e. The number of hydrogen-bond donors (Lipinski definition) is 1. The molecule has 0 aromatic heterocycles. The second-order valence-corrected chi connectivity index (χ2v) is 4.94. The van der Waals surface area contributed by atoms with Crippen molar-refractivity contribution in [2.45, 2.75) is 13.2 Å². The standard InChI is InChI=1S/C14H10Cl2F3NO/c15-10-3-1-8(5-12(10)17)7-20-9-2-4-13(11(16)6-9)21-14(18)19/h1-6,14,20H,7H2. The van der Waals surface area contributed by atoms with Crippen LogP contribution in [-0.2, 0) is 6.54 Å². The van der Waals surface area contributed by atoms with Crippen molar-refractivity contribution in [3.8, 4) is 5.75 Å². The van der Waals surface area contributed by atoms with Gasteiger partial charge in [-0.25, -0.2) is 4.39 Å². The van der Waals surface area contributed by atoms with E-state index in [9.17, 15) is 13.2 Å². The van der Waals surface area contributed by atoms with Gasteiger partial charge in [-0.05, 0) is 35.9 Å². The number of anilines is 1. The van der Waals surface area contributed by atoms with Gasteiger partial charge in [-0.2, -0.15) is 8.78 Å². The third-order valence-electron chi connectivity index (χ3n) is 2.63. The first-order valence-corrected chi connectivity index (χ1v) is 6.63. The molecule has 0 saturated heterocycles. The molecule has 2 rings (SSSR count). The van der Waals surface area contributed by atoms with E-state index in [-0.39, 0.29) is 15.8 Å². The third kappa shape index (κ3) is 4.44. The van der Waals surface area contributed by atoms with Crippen LogP contribution in [0.2, 0.25) is 10.0 Å². The van der Waals surface area contributed by atoms with E-state index >= 15 is 0 Å². The van der Waals surface area contributed by atoms with Crippen molar-refractivity contribution < 1.29 is 17.9 Å². The van der Waals surface area contributed by atoms with Crippen LogP contribution in [0.15, 0.2) is 36.4 Å². The van der Waals surface area contributed by atoms with Crippen LogP contribution in [0.5, 0.6) is 5.75 Å². The van der Waals surface area contributed by atoms with Crippen LogP contribution < -0.4 is 10.1 Å². The molecule has 0 aliphatic rings. The van der Waals surface area contributed by atoms with Crippen molar-refractivity contribution in [3.63, 3.8) is 0 Å². The lowest BCUT2D eigenvalue weighted by molar-refractivity contribution is -0.0497. The highest BCUT2D eigenvalue weighted by molar-refractivity contribution is 6.32. The van der Waals surface area contributed by atoms with Crippen molar-refractivity contribution in [1.82, 2.24) is 0 Å². The van der Waals surface area contributed by atoms with E-state index in [2.05, 4.69) is 10.1 Å². The number of benzene rings is 2. The molecular formula is C14H10Cl2F3NO. The summed E-state index contributed by atoms with van der Waals surface area (Å²) < 4.78 is 41.7. The number of ether oxygens (including phenoxy) is 1. The Balaban J connectivity index is 2.03. The van der Waals surface area contributed by atoms with Crippen molar-refractivity contribution in [2.24, 2.45) is 0 Å². The molecule has 0 saturated carbocycles. The summed E-state index contributed by atoms with van der Waals surface area (Å²) in [4.78, 5) is 0. The van der Waals surface area contributed by atoms with Gasteiger partial charge < -0.3 is 10.1 Å². The van der Waals surface area contributed by atoms with E-state index in [0.29, 0.717) is 17.8 Å². The topological polar surface area (TPSA) is 21.3 Å². The Bertz CT molecular complexity index is 638. The monoisotopic (exact) mass is 335 g/mol. The fourth-order valence-corrected chi connectivity index (χ4v) is 2.00. The first-order chi connectivity index (χ1) is 9.95. The Hall–Kier alpha value is -1.59. The molecule has 0 unspecified atom stereocenters. The quantitative estimate of drug-likeness (QED) is 0.795. The Labute approximate surface area is 129 Å². The van der Waals surface area contributed by atoms with Gasteiger partial charge in [0.25, 0.3) is 0 Å². The minimum Gasteiger partial charge on any atom is -0.433 e. The highest BCUT2D eigenvalue weighted by atomic mass is 35.5. The predicted octanol–water partition coefficient (Wildman–Crippen LogP) is 5.35. The smallest absolute Gasteiger partial charge is 0.387 e. The summed E-state index contributed by atoms with van der Waals surface area (Å²) in [5.74, 6) is -0.607. The molecule has 0 aliphatic heterocycles. The van der Waals surface area contributed by atoms with Gasteiger partial charge in [-0.1, -0.05) is 29.3 Å². The average molecular weight is 336 g/mol. The van der Waals surface area contributed by atoms with Crippen molar-refractivity contribution in [1.29, 1.82) is 0 Å². The summed E-state index contributed by atoms with van der Waals surface area (Å²) in [6.07, 6.45) is 0. The average Bonchev–Trinajstić information content (AvgIpc) is 2.42. The Morgan fingerprint density at radius 1 is 1.05 bits per heavy atom. The van der Waals surface area contributed by atoms with Gasteiger partial charge in [-0.15, -0.1) is 0 Å². The highest BCUT2D eigenvalue weighted by Crippen LogP contribution is 2.29. The zero-order chi connectivity index (χ0) is 15.4. The molecule has 2 nitrogen and oxygen atoms in total. The second kappa shape index (κ2) is 6.91. The predicted molar refractivity (Wildman–Crippen MR) is 76.8 cm³/mol. The van der Waals surface area contributed by atoms with Crippen LogP contribution in [0.25, 0.3) is 0 Å². The number of hydrogen-bond acceptors (Lipinski definition) is 2. The van der Waals surface area contributed by atoms with Crippen LogP contribution in [0.4, 0.5) is 18.9 Å². The minimum absolute atomic E-state index is 0.0512.